The lowest BCUT2D eigenvalue weighted by Crippen LogP contribution is -2.02. The van der Waals surface area contributed by atoms with Gasteiger partial charge in [-0.1, -0.05) is 12.1 Å². The predicted octanol–water partition coefficient (Wildman–Crippen LogP) is 8.17. The first-order chi connectivity index (χ1) is 26.2. The van der Waals surface area contributed by atoms with Gasteiger partial charge in [-0.3, -0.25) is 9.11 Å². The third kappa shape index (κ3) is 7.52. The summed E-state index contributed by atoms with van der Waals surface area (Å²) in [7, 11) is -9.73. The summed E-state index contributed by atoms with van der Waals surface area (Å²) in [4.78, 5) is 23.4. The first kappa shape index (κ1) is 40.1. The van der Waals surface area contributed by atoms with Crippen LogP contribution < -0.4 is 11.5 Å². The van der Waals surface area contributed by atoms with Gasteiger partial charge in [-0.05, 0) is 117 Å². The highest BCUT2D eigenvalue weighted by Crippen LogP contribution is 2.45. The third-order valence-electron chi connectivity index (χ3n) is 8.26. The minimum absolute atomic E-state index is 0.0625. The van der Waals surface area contributed by atoms with Crippen molar-refractivity contribution in [2.45, 2.75) is 9.79 Å². The Bertz CT molecular complexity index is 2810. The fourth-order valence-corrected chi connectivity index (χ4v) is 9.01. The maximum atomic E-state index is 12.3. The average molecular weight is 1020 g/mol. The molecular formula is C34H22I2N6O12S2. The number of benzene rings is 6. The molecule has 6 aromatic carbocycles. The highest BCUT2D eigenvalue weighted by Gasteiger charge is 2.25. The molecule has 286 valence electrons. The smallest absolute Gasteiger partial charge is 0.337 e. The Labute approximate surface area is 342 Å². The summed E-state index contributed by atoms with van der Waals surface area (Å²) >= 11 is 3.60. The van der Waals surface area contributed by atoms with E-state index < -0.39 is 64.6 Å². The summed E-state index contributed by atoms with van der Waals surface area (Å²) in [5.74, 6) is -3.77. The van der Waals surface area contributed by atoms with Crippen molar-refractivity contribution in [3.63, 3.8) is 0 Å². The van der Waals surface area contributed by atoms with E-state index in [1.807, 2.05) is 0 Å². The van der Waals surface area contributed by atoms with E-state index in [4.69, 9.17) is 11.5 Å². The quantitative estimate of drug-likeness (QED) is 0.0293. The number of phenolic OH excluding ortho intramolecular Hbond substituents is 2. The van der Waals surface area contributed by atoms with Gasteiger partial charge in [-0.15, -0.1) is 20.5 Å². The summed E-state index contributed by atoms with van der Waals surface area (Å²) in [5.41, 5.74) is 10.5. The molecule has 0 aliphatic rings. The second kappa shape index (κ2) is 14.8. The topological polar surface area (TPSA) is 325 Å². The number of nitrogens with zero attached hydrogens (tertiary/aromatic N) is 4. The molecule has 0 aliphatic carbocycles. The van der Waals surface area contributed by atoms with Gasteiger partial charge in [0.15, 0.2) is 0 Å². The molecule has 18 nitrogen and oxygen atoms in total. The van der Waals surface area contributed by atoms with Gasteiger partial charge < -0.3 is 31.9 Å². The summed E-state index contributed by atoms with van der Waals surface area (Å²) < 4.78 is 69.6. The van der Waals surface area contributed by atoms with Crippen LogP contribution >= 0.6 is 45.2 Å². The molecule has 0 bridgehead atoms. The van der Waals surface area contributed by atoms with Crippen LogP contribution in [-0.4, -0.2) is 58.3 Å². The van der Waals surface area contributed by atoms with Gasteiger partial charge in [0, 0.05) is 17.9 Å². The number of nitrogen functional groups attached to an aromatic ring is 2. The van der Waals surface area contributed by atoms with Crippen molar-refractivity contribution in [2.75, 3.05) is 11.5 Å². The first-order valence-corrected chi connectivity index (χ1v) is 20.2. The number of carboxylic acids is 2. The summed E-state index contributed by atoms with van der Waals surface area (Å²) in [5, 5.41) is 56.4. The van der Waals surface area contributed by atoms with Crippen LogP contribution in [0.15, 0.2) is 103 Å². The van der Waals surface area contributed by atoms with Gasteiger partial charge in [-0.2, -0.15) is 16.8 Å². The van der Waals surface area contributed by atoms with Gasteiger partial charge in [0.1, 0.15) is 44.0 Å². The lowest BCUT2D eigenvalue weighted by Gasteiger charge is -2.13. The van der Waals surface area contributed by atoms with Crippen LogP contribution in [0.4, 0.5) is 34.1 Å². The number of fused-ring (bicyclic) bond motifs is 2. The van der Waals surface area contributed by atoms with Crippen molar-refractivity contribution < 1.29 is 56.0 Å². The minimum Gasteiger partial charge on any atom is -0.507 e. The van der Waals surface area contributed by atoms with E-state index in [1.165, 1.54) is 60.7 Å². The Kier molecular flexibility index (Phi) is 10.6. The monoisotopic (exact) mass is 1020 g/mol. The summed E-state index contributed by atoms with van der Waals surface area (Å²) in [6, 6.07) is 14.8. The number of nitrogens with two attached hydrogens (primary N) is 2. The fourth-order valence-electron chi connectivity index (χ4n) is 5.70. The highest BCUT2D eigenvalue weighted by molar-refractivity contribution is 14.1. The van der Waals surface area contributed by atoms with Crippen LogP contribution in [0.25, 0.3) is 32.7 Å². The minimum atomic E-state index is -4.87. The standard InChI is InChI=1S/C34H22I2N6O12S2/c35-17-3-7-23(43)29-27(17)25(55(49,50)51)11-21(31(29)37)41-39-19-5-1-13(9-15(19)33(45)46)14-2-6-20(16(10-14)34(47)48)40-42-22-12-26(56(52,53)54)28-18(36)4-8-24(44)30(28)32(22)38/h1-12,43-44H,37-38H2,(H,45,46)(H,47,48)(H,49,50,51)(H,52,53,54)/b41-39+,42-40+. The van der Waals surface area contributed by atoms with Crippen molar-refractivity contribution in [1.29, 1.82) is 0 Å². The number of rotatable bonds is 9. The van der Waals surface area contributed by atoms with E-state index in [2.05, 4.69) is 20.5 Å². The molecule has 56 heavy (non-hydrogen) atoms. The molecule has 0 heterocycles. The number of phenols is 2. The SMILES string of the molecule is Nc1c(/N=N/c2ccc(-c3ccc(/N=N/c4cc(S(=O)(=O)O)c5c(I)ccc(O)c5c4N)c(C(=O)O)c3)cc2C(=O)O)cc(S(=O)(=O)O)c2c(I)ccc(O)c12. The molecule has 0 amide bonds. The predicted molar refractivity (Wildman–Crippen MR) is 219 cm³/mol. The van der Waals surface area contributed by atoms with E-state index in [0.717, 1.165) is 12.1 Å². The van der Waals surface area contributed by atoms with Crippen molar-refractivity contribution in [2.24, 2.45) is 20.5 Å². The number of aromatic carboxylic acids is 2. The number of halogens is 2. The van der Waals surface area contributed by atoms with Crippen LogP contribution in [-0.2, 0) is 20.2 Å². The molecular weight excluding hydrogens is 1000 g/mol. The van der Waals surface area contributed by atoms with Crippen LogP contribution in [0.2, 0.25) is 0 Å². The Morgan fingerprint density at radius 1 is 0.518 bits per heavy atom. The lowest BCUT2D eigenvalue weighted by atomic mass is 9.99. The normalized spacial score (nSPS) is 12.3. The number of carbonyl (C=O) groups is 2. The fraction of sp³-hybridized carbons (Fsp3) is 0. The molecule has 0 fully saturated rings. The zero-order valence-corrected chi connectivity index (χ0v) is 33.5. The molecule has 0 spiro atoms. The van der Waals surface area contributed by atoms with E-state index >= 15 is 0 Å². The molecule has 0 unspecified atom stereocenters. The molecule has 6 aromatic rings. The van der Waals surface area contributed by atoms with Gasteiger partial charge in [-0.25, -0.2) is 9.59 Å². The number of hydrogen-bond donors (Lipinski definition) is 8. The summed E-state index contributed by atoms with van der Waals surface area (Å²) in [6.45, 7) is 0. The van der Waals surface area contributed by atoms with Crippen molar-refractivity contribution in [3.05, 3.63) is 91.1 Å². The largest absolute Gasteiger partial charge is 0.507 e. The summed E-state index contributed by atoms with van der Waals surface area (Å²) in [6.07, 6.45) is 0. The molecule has 0 atom stereocenters. The van der Waals surface area contributed by atoms with Crippen LogP contribution in [0.5, 0.6) is 11.5 Å². The Morgan fingerprint density at radius 3 is 1.18 bits per heavy atom. The second-order valence-corrected chi connectivity index (χ2v) is 16.8. The molecule has 0 aromatic heterocycles. The van der Waals surface area contributed by atoms with E-state index in [1.54, 1.807) is 45.2 Å². The first-order valence-electron chi connectivity index (χ1n) is 15.2. The molecule has 0 saturated heterocycles. The van der Waals surface area contributed by atoms with Gasteiger partial charge in [0.25, 0.3) is 20.2 Å². The van der Waals surface area contributed by atoms with E-state index in [0.29, 0.717) is 7.14 Å². The van der Waals surface area contributed by atoms with Gasteiger partial charge in [0.05, 0.1) is 33.3 Å². The van der Waals surface area contributed by atoms with E-state index in [-0.39, 0.29) is 66.8 Å². The lowest BCUT2D eigenvalue weighted by molar-refractivity contribution is 0.0686. The molecule has 0 saturated carbocycles. The number of hydrogen-bond acceptors (Lipinski definition) is 14. The highest BCUT2D eigenvalue weighted by atomic mass is 127. The number of carboxylic acid groups (broad SMARTS) is 2. The number of aromatic hydroxyl groups is 2. The average Bonchev–Trinajstić information content (AvgIpc) is 3.12. The molecule has 0 radical (unpaired) electrons. The third-order valence-corrected chi connectivity index (χ3v) is 11.8. The van der Waals surface area contributed by atoms with Crippen molar-refractivity contribution in [3.8, 4) is 22.6 Å². The zero-order chi connectivity index (χ0) is 41.0. The Morgan fingerprint density at radius 2 is 0.857 bits per heavy atom. The van der Waals surface area contributed by atoms with Crippen LogP contribution in [0.1, 0.15) is 20.7 Å². The zero-order valence-electron chi connectivity index (χ0n) is 27.6. The molecule has 10 N–H and O–H groups in total. The maximum Gasteiger partial charge on any atom is 0.337 e. The van der Waals surface area contributed by atoms with Gasteiger partial charge >= 0.3 is 11.9 Å². The number of azo groups is 2. The molecule has 0 aliphatic heterocycles. The van der Waals surface area contributed by atoms with Gasteiger partial charge in [0.2, 0.25) is 0 Å². The van der Waals surface area contributed by atoms with Crippen LogP contribution in [0.3, 0.4) is 0 Å². The number of anilines is 2. The molecule has 6 rings (SSSR count). The van der Waals surface area contributed by atoms with E-state index in [9.17, 15) is 56.0 Å². The second-order valence-electron chi connectivity index (χ2n) is 11.7. The molecule has 22 heteroatoms. The van der Waals surface area contributed by atoms with Crippen molar-refractivity contribution >= 4 is 133 Å². The van der Waals surface area contributed by atoms with Crippen LogP contribution in [0, 0.1) is 7.14 Å². The Balaban J connectivity index is 1.40. The maximum absolute atomic E-state index is 12.3. The van der Waals surface area contributed by atoms with Crippen molar-refractivity contribution in [1.82, 2.24) is 0 Å². The Hall–Kier alpha value is -5.54.